The first kappa shape index (κ1) is 19.5. The van der Waals surface area contributed by atoms with E-state index in [4.69, 9.17) is 20.8 Å². The van der Waals surface area contributed by atoms with Gasteiger partial charge in [-0.15, -0.1) is 0 Å². The number of likely N-dealkylation sites (tertiary alicyclic amines) is 1. The lowest BCUT2D eigenvalue weighted by atomic mass is 9.98. The number of aromatic nitrogens is 1. The van der Waals surface area contributed by atoms with Gasteiger partial charge < -0.3 is 14.1 Å². The first-order chi connectivity index (χ1) is 14.1. The number of hydrogen-bond acceptors (Lipinski definition) is 4. The highest BCUT2D eigenvalue weighted by Crippen LogP contribution is 2.30. The fourth-order valence-electron chi connectivity index (χ4n) is 3.72. The molecule has 4 rings (SSSR count). The normalized spacial score (nSPS) is 16.2. The molecular formula is C23H23ClN2O3. The van der Waals surface area contributed by atoms with Crippen molar-refractivity contribution in [2.24, 2.45) is 0 Å². The van der Waals surface area contributed by atoms with Crippen molar-refractivity contribution in [3.05, 3.63) is 71.2 Å². The number of benzene rings is 2. The third-order valence-corrected chi connectivity index (χ3v) is 5.70. The summed E-state index contributed by atoms with van der Waals surface area (Å²) in [6.07, 6.45) is 3.51. The molecule has 1 aromatic heterocycles. The zero-order chi connectivity index (χ0) is 20.2. The second-order valence-electron chi connectivity index (χ2n) is 7.20. The van der Waals surface area contributed by atoms with E-state index >= 15 is 0 Å². The van der Waals surface area contributed by atoms with Crippen molar-refractivity contribution >= 4 is 17.5 Å². The van der Waals surface area contributed by atoms with E-state index in [2.05, 4.69) is 17.1 Å². The molecule has 0 radical (unpaired) electrons. The molecule has 6 heteroatoms. The van der Waals surface area contributed by atoms with Crippen molar-refractivity contribution in [1.82, 2.24) is 9.88 Å². The molecule has 5 nitrogen and oxygen atoms in total. The number of oxazole rings is 1. The average molecular weight is 411 g/mol. The first-order valence-electron chi connectivity index (χ1n) is 9.75. The summed E-state index contributed by atoms with van der Waals surface area (Å²) in [5, 5.41) is 0.618. The highest BCUT2D eigenvalue weighted by Gasteiger charge is 2.27. The highest BCUT2D eigenvalue weighted by molar-refractivity contribution is 6.33. The Bertz CT molecular complexity index is 984. The van der Waals surface area contributed by atoms with Crippen LogP contribution in [0.15, 0.2) is 59.1 Å². The largest absolute Gasteiger partial charge is 0.497 e. The molecule has 2 heterocycles. The van der Waals surface area contributed by atoms with Gasteiger partial charge in [0.15, 0.2) is 11.7 Å². The summed E-state index contributed by atoms with van der Waals surface area (Å²) in [7, 11) is 1.66. The number of carbonyl (C=O) groups is 1. The summed E-state index contributed by atoms with van der Waals surface area (Å²) >= 11 is 6.21. The Hall–Kier alpha value is -2.79. The van der Waals surface area contributed by atoms with Gasteiger partial charge in [0.1, 0.15) is 5.75 Å². The Morgan fingerprint density at radius 3 is 2.79 bits per heavy atom. The number of rotatable bonds is 6. The van der Waals surface area contributed by atoms with Crippen molar-refractivity contribution in [2.75, 3.05) is 20.2 Å². The number of methoxy groups -OCH3 is 1. The maximum atomic E-state index is 12.6. The van der Waals surface area contributed by atoms with Crippen LogP contribution in [0.3, 0.4) is 0 Å². The number of nitrogens with zero attached hydrogens (tertiary/aromatic N) is 2. The van der Waals surface area contributed by atoms with E-state index in [9.17, 15) is 4.79 Å². The molecule has 1 unspecified atom stereocenters. The van der Waals surface area contributed by atoms with Gasteiger partial charge in [-0.2, -0.15) is 0 Å². The molecule has 1 fully saturated rings. The molecule has 1 atom stereocenters. The van der Waals surface area contributed by atoms with Crippen LogP contribution in [0.5, 0.6) is 5.75 Å². The summed E-state index contributed by atoms with van der Waals surface area (Å²) in [4.78, 5) is 18.9. The van der Waals surface area contributed by atoms with Crippen molar-refractivity contribution in [1.29, 1.82) is 0 Å². The molecule has 1 saturated heterocycles. The van der Waals surface area contributed by atoms with Crippen LogP contribution in [0.1, 0.15) is 30.2 Å². The molecule has 0 saturated carbocycles. The number of ether oxygens (including phenoxy) is 1. The van der Waals surface area contributed by atoms with Crippen LogP contribution in [-0.4, -0.2) is 36.0 Å². The molecular weight excluding hydrogens is 388 g/mol. The van der Waals surface area contributed by atoms with Gasteiger partial charge >= 0.3 is 0 Å². The minimum Gasteiger partial charge on any atom is -0.497 e. The van der Waals surface area contributed by atoms with Gasteiger partial charge in [-0.05, 0) is 36.2 Å². The monoisotopic (exact) mass is 410 g/mol. The second-order valence-corrected chi connectivity index (χ2v) is 7.60. The van der Waals surface area contributed by atoms with Crippen LogP contribution in [0, 0.1) is 0 Å². The summed E-state index contributed by atoms with van der Waals surface area (Å²) in [6, 6.07) is 15.6. The van der Waals surface area contributed by atoms with Crippen LogP contribution in [0.2, 0.25) is 5.02 Å². The van der Waals surface area contributed by atoms with E-state index in [0.717, 1.165) is 30.8 Å². The number of aryl methyl sites for hydroxylation is 1. The Labute approximate surface area is 175 Å². The third-order valence-electron chi connectivity index (χ3n) is 5.37. The van der Waals surface area contributed by atoms with Crippen molar-refractivity contribution < 1.29 is 13.9 Å². The zero-order valence-electron chi connectivity index (χ0n) is 16.3. The second kappa shape index (κ2) is 8.70. The lowest BCUT2D eigenvalue weighted by Gasteiger charge is -2.16. The molecule has 1 amide bonds. The predicted molar refractivity (Wildman–Crippen MR) is 112 cm³/mol. The number of amides is 1. The summed E-state index contributed by atoms with van der Waals surface area (Å²) in [5.74, 6) is 2.54. The summed E-state index contributed by atoms with van der Waals surface area (Å²) < 4.78 is 11.0. The minimum absolute atomic E-state index is 0.138. The van der Waals surface area contributed by atoms with Crippen LogP contribution in [-0.2, 0) is 11.2 Å². The van der Waals surface area contributed by atoms with Gasteiger partial charge in [-0.3, -0.25) is 4.79 Å². The number of halogens is 1. The van der Waals surface area contributed by atoms with E-state index in [1.165, 1.54) is 5.56 Å². The number of carbonyl (C=O) groups excluding carboxylic acids is 1. The topological polar surface area (TPSA) is 55.6 Å². The van der Waals surface area contributed by atoms with Crippen LogP contribution < -0.4 is 4.74 Å². The zero-order valence-corrected chi connectivity index (χ0v) is 17.1. The van der Waals surface area contributed by atoms with E-state index in [-0.39, 0.29) is 5.91 Å². The van der Waals surface area contributed by atoms with Gasteiger partial charge in [-0.25, -0.2) is 4.98 Å². The van der Waals surface area contributed by atoms with Gasteiger partial charge in [0.2, 0.25) is 5.91 Å². The Morgan fingerprint density at radius 1 is 1.24 bits per heavy atom. The third kappa shape index (κ3) is 4.46. The SMILES string of the molecule is COc1ccc(C2CCN(C(=O)CCc3ncc(-c4ccccc4Cl)o3)C2)cc1. The van der Waals surface area contributed by atoms with E-state index < -0.39 is 0 Å². The van der Waals surface area contributed by atoms with Gasteiger partial charge in [0, 0.05) is 37.4 Å². The maximum Gasteiger partial charge on any atom is 0.223 e. The molecule has 0 bridgehead atoms. The molecule has 1 aliphatic rings. The van der Waals surface area contributed by atoms with Gasteiger partial charge in [0.05, 0.1) is 18.3 Å². The van der Waals surface area contributed by atoms with E-state index in [1.807, 2.05) is 41.3 Å². The van der Waals surface area contributed by atoms with Gasteiger partial charge in [-0.1, -0.05) is 35.9 Å². The van der Waals surface area contributed by atoms with Crippen LogP contribution >= 0.6 is 11.6 Å². The Morgan fingerprint density at radius 2 is 2.03 bits per heavy atom. The summed E-state index contributed by atoms with van der Waals surface area (Å²) in [6.45, 7) is 1.54. The fraction of sp³-hybridized carbons (Fsp3) is 0.304. The van der Waals surface area contributed by atoms with Crippen LogP contribution in [0.4, 0.5) is 0 Å². The number of hydrogen-bond donors (Lipinski definition) is 0. The lowest BCUT2D eigenvalue weighted by Crippen LogP contribution is -2.28. The minimum atomic E-state index is 0.138. The molecule has 1 aliphatic heterocycles. The standard InChI is InChI=1S/C23H23ClN2O3/c1-28-18-8-6-16(7-9-18)17-12-13-26(15-17)23(27)11-10-22-25-14-21(29-22)19-4-2-3-5-20(19)24/h2-9,14,17H,10-13,15H2,1H3. The van der Waals surface area contributed by atoms with E-state index in [1.54, 1.807) is 13.3 Å². The predicted octanol–water partition coefficient (Wildman–Crippen LogP) is 4.95. The van der Waals surface area contributed by atoms with Crippen molar-refractivity contribution in [3.63, 3.8) is 0 Å². The first-order valence-corrected chi connectivity index (χ1v) is 10.1. The Kier molecular flexibility index (Phi) is 5.86. The lowest BCUT2D eigenvalue weighted by molar-refractivity contribution is -0.130. The molecule has 150 valence electrons. The molecule has 3 aromatic rings. The quantitative estimate of drug-likeness (QED) is 0.576. The molecule has 29 heavy (non-hydrogen) atoms. The smallest absolute Gasteiger partial charge is 0.223 e. The van der Waals surface area contributed by atoms with E-state index in [0.29, 0.717) is 35.4 Å². The van der Waals surface area contributed by atoms with Gasteiger partial charge in [0.25, 0.3) is 0 Å². The van der Waals surface area contributed by atoms with Crippen molar-refractivity contribution in [2.45, 2.75) is 25.2 Å². The highest BCUT2D eigenvalue weighted by atomic mass is 35.5. The fourth-order valence-corrected chi connectivity index (χ4v) is 3.95. The molecule has 2 aromatic carbocycles. The molecule has 0 N–H and O–H groups in total. The molecule has 0 spiro atoms. The Balaban J connectivity index is 1.32. The maximum absolute atomic E-state index is 12.6. The molecule has 0 aliphatic carbocycles. The van der Waals surface area contributed by atoms with Crippen molar-refractivity contribution in [3.8, 4) is 17.1 Å². The summed E-state index contributed by atoms with van der Waals surface area (Å²) in [5.41, 5.74) is 2.05. The average Bonchev–Trinajstić information content (AvgIpc) is 3.42. The van der Waals surface area contributed by atoms with Crippen LogP contribution in [0.25, 0.3) is 11.3 Å².